The van der Waals surface area contributed by atoms with Crippen LogP contribution in [0.5, 0.6) is 5.75 Å². The normalized spacial score (nSPS) is 10.7. The summed E-state index contributed by atoms with van der Waals surface area (Å²) in [6, 6.07) is 15.4. The van der Waals surface area contributed by atoms with E-state index in [0.29, 0.717) is 11.3 Å². The van der Waals surface area contributed by atoms with E-state index in [9.17, 15) is 4.79 Å². The molecule has 2 rings (SSSR count). The first-order valence-corrected chi connectivity index (χ1v) is 6.68. The van der Waals surface area contributed by atoms with Crippen LogP contribution in [0.2, 0.25) is 0 Å². The van der Waals surface area contributed by atoms with Crippen molar-refractivity contribution in [3.63, 3.8) is 0 Å². The highest BCUT2D eigenvalue weighted by Gasteiger charge is 2.02. The molecular weight excluding hydrogens is 248 g/mol. The molecule has 0 amide bonds. The van der Waals surface area contributed by atoms with Gasteiger partial charge in [0, 0.05) is 5.56 Å². The van der Waals surface area contributed by atoms with Crippen molar-refractivity contribution in [1.82, 2.24) is 0 Å². The van der Waals surface area contributed by atoms with Crippen molar-refractivity contribution in [1.29, 1.82) is 0 Å². The SMILES string of the molecule is CCc1ccc(/C=C/C(=O)c2cccc(OC)c2)cc1. The average molecular weight is 266 g/mol. The highest BCUT2D eigenvalue weighted by atomic mass is 16.5. The first kappa shape index (κ1) is 14.1. The van der Waals surface area contributed by atoms with E-state index in [4.69, 9.17) is 4.74 Å². The van der Waals surface area contributed by atoms with Gasteiger partial charge in [-0.1, -0.05) is 49.4 Å². The van der Waals surface area contributed by atoms with Gasteiger partial charge in [0.05, 0.1) is 7.11 Å². The van der Waals surface area contributed by atoms with Gasteiger partial charge in [-0.05, 0) is 35.8 Å². The summed E-state index contributed by atoms with van der Waals surface area (Å²) >= 11 is 0. The van der Waals surface area contributed by atoms with Crippen LogP contribution in [0.25, 0.3) is 6.08 Å². The number of ketones is 1. The van der Waals surface area contributed by atoms with Gasteiger partial charge in [0.25, 0.3) is 0 Å². The van der Waals surface area contributed by atoms with Crippen molar-refractivity contribution < 1.29 is 9.53 Å². The van der Waals surface area contributed by atoms with Crippen molar-refractivity contribution in [3.8, 4) is 5.75 Å². The Bertz CT molecular complexity index is 610. The molecule has 0 radical (unpaired) electrons. The monoisotopic (exact) mass is 266 g/mol. The number of benzene rings is 2. The smallest absolute Gasteiger partial charge is 0.185 e. The van der Waals surface area contributed by atoms with E-state index in [1.165, 1.54) is 5.56 Å². The maximum absolute atomic E-state index is 12.1. The summed E-state index contributed by atoms with van der Waals surface area (Å²) in [5.74, 6) is 0.667. The Morgan fingerprint density at radius 1 is 1.15 bits per heavy atom. The van der Waals surface area contributed by atoms with E-state index < -0.39 is 0 Å². The summed E-state index contributed by atoms with van der Waals surface area (Å²) in [4.78, 5) is 12.1. The minimum atomic E-state index is -0.0246. The quantitative estimate of drug-likeness (QED) is 0.600. The standard InChI is InChI=1S/C18H18O2/c1-3-14-7-9-15(10-8-14)11-12-18(19)16-5-4-6-17(13-16)20-2/h4-13H,3H2,1-2H3/b12-11+. The zero-order valence-corrected chi connectivity index (χ0v) is 11.8. The molecule has 0 aromatic heterocycles. The summed E-state index contributed by atoms with van der Waals surface area (Å²) in [6.07, 6.45) is 4.45. The molecule has 0 N–H and O–H groups in total. The van der Waals surface area contributed by atoms with Gasteiger partial charge in [0.1, 0.15) is 5.75 Å². The number of rotatable bonds is 5. The fraction of sp³-hybridized carbons (Fsp3) is 0.167. The fourth-order valence-electron chi connectivity index (χ4n) is 1.91. The molecular formula is C18H18O2. The molecule has 0 saturated carbocycles. The van der Waals surface area contributed by atoms with E-state index >= 15 is 0 Å². The second-order valence-corrected chi connectivity index (χ2v) is 4.52. The third-order valence-corrected chi connectivity index (χ3v) is 3.17. The largest absolute Gasteiger partial charge is 0.497 e. The van der Waals surface area contributed by atoms with Crippen molar-refractivity contribution >= 4 is 11.9 Å². The molecule has 20 heavy (non-hydrogen) atoms. The van der Waals surface area contributed by atoms with Gasteiger partial charge >= 0.3 is 0 Å². The number of carbonyl (C=O) groups excluding carboxylic acids is 1. The molecule has 0 bridgehead atoms. The van der Waals surface area contributed by atoms with Gasteiger partial charge in [0.2, 0.25) is 0 Å². The molecule has 102 valence electrons. The molecule has 0 aliphatic heterocycles. The number of ether oxygens (including phenoxy) is 1. The second kappa shape index (κ2) is 6.71. The predicted octanol–water partition coefficient (Wildman–Crippen LogP) is 4.15. The molecule has 2 aromatic rings. The Labute approximate surface area is 119 Å². The molecule has 0 aliphatic rings. The van der Waals surface area contributed by atoms with Gasteiger partial charge in [-0.3, -0.25) is 4.79 Å². The van der Waals surface area contributed by atoms with Gasteiger partial charge in [-0.15, -0.1) is 0 Å². The minimum Gasteiger partial charge on any atom is -0.497 e. The van der Waals surface area contributed by atoms with Crippen LogP contribution in [0, 0.1) is 0 Å². The van der Waals surface area contributed by atoms with Crippen molar-refractivity contribution in [2.75, 3.05) is 7.11 Å². The van der Waals surface area contributed by atoms with Gasteiger partial charge in [-0.2, -0.15) is 0 Å². The molecule has 0 heterocycles. The van der Waals surface area contributed by atoms with Crippen LogP contribution in [-0.4, -0.2) is 12.9 Å². The highest BCUT2D eigenvalue weighted by Crippen LogP contribution is 2.14. The van der Waals surface area contributed by atoms with Gasteiger partial charge in [-0.25, -0.2) is 0 Å². The van der Waals surface area contributed by atoms with E-state index in [-0.39, 0.29) is 5.78 Å². The summed E-state index contributed by atoms with van der Waals surface area (Å²) in [5, 5.41) is 0. The third-order valence-electron chi connectivity index (χ3n) is 3.17. The summed E-state index contributed by atoms with van der Waals surface area (Å²) < 4.78 is 5.12. The van der Waals surface area contributed by atoms with E-state index in [1.807, 2.05) is 30.3 Å². The number of methoxy groups -OCH3 is 1. The zero-order chi connectivity index (χ0) is 14.4. The van der Waals surface area contributed by atoms with Crippen LogP contribution in [0.4, 0.5) is 0 Å². The lowest BCUT2D eigenvalue weighted by Gasteiger charge is -2.01. The molecule has 0 aliphatic carbocycles. The number of carbonyl (C=O) groups is 1. The first-order valence-electron chi connectivity index (χ1n) is 6.68. The predicted molar refractivity (Wildman–Crippen MR) is 82.2 cm³/mol. The van der Waals surface area contributed by atoms with Gasteiger partial charge < -0.3 is 4.74 Å². The molecule has 2 nitrogen and oxygen atoms in total. The Hall–Kier alpha value is -2.35. The van der Waals surface area contributed by atoms with E-state index in [1.54, 1.807) is 25.3 Å². The molecule has 0 unspecified atom stereocenters. The molecule has 0 atom stereocenters. The maximum atomic E-state index is 12.1. The molecule has 2 heteroatoms. The number of aryl methyl sites for hydroxylation is 1. The summed E-state index contributed by atoms with van der Waals surface area (Å²) in [5.41, 5.74) is 2.95. The van der Waals surface area contributed by atoms with Crippen LogP contribution in [-0.2, 0) is 6.42 Å². The Balaban J connectivity index is 2.11. The third kappa shape index (κ3) is 3.58. The Morgan fingerprint density at radius 3 is 2.55 bits per heavy atom. The summed E-state index contributed by atoms with van der Waals surface area (Å²) in [6.45, 7) is 2.12. The second-order valence-electron chi connectivity index (χ2n) is 4.52. The lowest BCUT2D eigenvalue weighted by atomic mass is 10.1. The molecule has 2 aromatic carbocycles. The Kier molecular flexibility index (Phi) is 4.72. The minimum absolute atomic E-state index is 0.0246. The van der Waals surface area contributed by atoms with Crippen LogP contribution in [0.1, 0.15) is 28.4 Å². The van der Waals surface area contributed by atoms with E-state index in [2.05, 4.69) is 19.1 Å². The van der Waals surface area contributed by atoms with Crippen molar-refractivity contribution in [2.45, 2.75) is 13.3 Å². The maximum Gasteiger partial charge on any atom is 0.185 e. The number of allylic oxidation sites excluding steroid dienone is 1. The van der Waals surface area contributed by atoms with Crippen LogP contribution in [0.3, 0.4) is 0 Å². The molecule has 0 fully saturated rings. The fourth-order valence-corrected chi connectivity index (χ4v) is 1.91. The molecule has 0 saturated heterocycles. The number of hydrogen-bond acceptors (Lipinski definition) is 2. The van der Waals surface area contributed by atoms with Gasteiger partial charge in [0.15, 0.2) is 5.78 Å². The molecule has 0 spiro atoms. The highest BCUT2D eigenvalue weighted by molar-refractivity contribution is 6.07. The van der Waals surface area contributed by atoms with Crippen LogP contribution < -0.4 is 4.74 Å². The zero-order valence-electron chi connectivity index (χ0n) is 11.8. The van der Waals surface area contributed by atoms with E-state index in [0.717, 1.165) is 12.0 Å². The van der Waals surface area contributed by atoms with Crippen molar-refractivity contribution in [2.24, 2.45) is 0 Å². The average Bonchev–Trinajstić information content (AvgIpc) is 2.53. The lowest BCUT2D eigenvalue weighted by Crippen LogP contribution is -1.94. The topological polar surface area (TPSA) is 26.3 Å². The lowest BCUT2D eigenvalue weighted by molar-refractivity contribution is 0.104. The number of hydrogen-bond donors (Lipinski definition) is 0. The Morgan fingerprint density at radius 2 is 1.90 bits per heavy atom. The summed E-state index contributed by atoms with van der Waals surface area (Å²) in [7, 11) is 1.59. The van der Waals surface area contributed by atoms with Crippen molar-refractivity contribution in [3.05, 3.63) is 71.3 Å². The van der Waals surface area contributed by atoms with Crippen LogP contribution >= 0.6 is 0 Å². The first-order chi connectivity index (χ1) is 9.72. The van der Waals surface area contributed by atoms with Crippen LogP contribution in [0.15, 0.2) is 54.6 Å².